The first-order valence-electron chi connectivity index (χ1n) is 7.69. The fourth-order valence-electron chi connectivity index (χ4n) is 3.28. The first-order chi connectivity index (χ1) is 9.82. The number of anilines is 1. The van der Waals surface area contributed by atoms with E-state index in [1.54, 1.807) is 26.0 Å². The molecule has 0 bridgehead atoms. The van der Waals surface area contributed by atoms with Gasteiger partial charge in [0.1, 0.15) is 0 Å². The summed E-state index contributed by atoms with van der Waals surface area (Å²) in [5, 5.41) is 0. The van der Waals surface area contributed by atoms with E-state index < -0.39 is 5.69 Å². The van der Waals surface area contributed by atoms with Gasteiger partial charge >= 0.3 is 11.4 Å². The van der Waals surface area contributed by atoms with Crippen LogP contribution in [0.4, 0.5) is 5.95 Å². The Morgan fingerprint density at radius 2 is 1.71 bits per heavy atom. The minimum absolute atomic E-state index is 0.00471. The molecule has 1 aliphatic rings. The Labute approximate surface area is 125 Å². The number of aromatic nitrogens is 3. The lowest BCUT2D eigenvalue weighted by Crippen LogP contribution is -2.45. The van der Waals surface area contributed by atoms with E-state index in [-0.39, 0.29) is 11.7 Å². The molecule has 0 aromatic carbocycles. The molecule has 0 aliphatic heterocycles. The molecule has 118 valence electrons. The first kappa shape index (κ1) is 15.8. The molecule has 1 aromatic heterocycles. The van der Waals surface area contributed by atoms with Crippen LogP contribution in [0.5, 0.6) is 0 Å². The molecule has 0 atom stereocenters. The van der Waals surface area contributed by atoms with Crippen molar-refractivity contribution >= 4 is 5.95 Å². The van der Waals surface area contributed by atoms with Crippen molar-refractivity contribution in [3.63, 3.8) is 0 Å². The summed E-state index contributed by atoms with van der Waals surface area (Å²) in [6.45, 7) is 4.48. The monoisotopic (exact) mass is 294 g/mol. The van der Waals surface area contributed by atoms with Gasteiger partial charge in [-0.2, -0.15) is 4.98 Å². The van der Waals surface area contributed by atoms with Gasteiger partial charge in [-0.25, -0.2) is 14.2 Å². The van der Waals surface area contributed by atoms with Gasteiger partial charge in [0.15, 0.2) is 0 Å². The van der Waals surface area contributed by atoms with Crippen molar-refractivity contribution in [3.05, 3.63) is 21.0 Å². The average molecular weight is 294 g/mol. The topological polar surface area (TPSA) is 60.1 Å². The highest BCUT2D eigenvalue weighted by Crippen LogP contribution is 2.34. The molecule has 6 heteroatoms. The molecule has 0 spiro atoms. The zero-order valence-electron chi connectivity index (χ0n) is 13.7. The molecule has 1 saturated carbocycles. The Kier molecular flexibility index (Phi) is 4.54. The van der Waals surface area contributed by atoms with E-state index in [1.165, 1.54) is 9.13 Å². The zero-order chi connectivity index (χ0) is 15.7. The molecular weight excluding hydrogens is 268 g/mol. The second-order valence-electron chi connectivity index (χ2n) is 6.61. The molecule has 1 fully saturated rings. The number of hydrogen-bond donors (Lipinski definition) is 0. The van der Waals surface area contributed by atoms with Crippen LogP contribution in [0, 0.1) is 11.8 Å². The lowest BCUT2D eigenvalue weighted by molar-refractivity contribution is 0.217. The van der Waals surface area contributed by atoms with Gasteiger partial charge in [0.25, 0.3) is 0 Å². The molecule has 6 nitrogen and oxygen atoms in total. The van der Waals surface area contributed by atoms with Gasteiger partial charge in [0.2, 0.25) is 5.95 Å². The van der Waals surface area contributed by atoms with E-state index in [4.69, 9.17) is 0 Å². The number of nitrogens with zero attached hydrogens (tertiary/aromatic N) is 4. The van der Waals surface area contributed by atoms with E-state index >= 15 is 0 Å². The lowest BCUT2D eigenvalue weighted by atomic mass is 9.79. The third-order valence-corrected chi connectivity index (χ3v) is 4.64. The van der Waals surface area contributed by atoms with Crippen molar-refractivity contribution in [2.45, 2.75) is 45.6 Å². The maximum absolute atomic E-state index is 12.5. The quantitative estimate of drug-likeness (QED) is 0.845. The Balaban J connectivity index is 2.32. The highest BCUT2D eigenvalue weighted by Gasteiger charge is 2.27. The molecular formula is C15H26N4O2. The Bertz CT molecular complexity index is 607. The van der Waals surface area contributed by atoms with E-state index in [2.05, 4.69) is 18.8 Å². The predicted octanol–water partition coefficient (Wildman–Crippen LogP) is 1.40. The molecule has 1 aromatic rings. The van der Waals surface area contributed by atoms with Gasteiger partial charge in [0.05, 0.1) is 0 Å². The first-order valence-corrected chi connectivity index (χ1v) is 7.69. The summed E-state index contributed by atoms with van der Waals surface area (Å²) < 4.78 is 2.81. The Hall–Kier alpha value is -1.59. The summed E-state index contributed by atoms with van der Waals surface area (Å²) in [6.07, 6.45) is 3.93. The van der Waals surface area contributed by atoms with E-state index in [9.17, 15) is 9.59 Å². The smallest absolute Gasteiger partial charge is 0.348 e. The van der Waals surface area contributed by atoms with Gasteiger partial charge in [-0.3, -0.25) is 4.57 Å². The van der Waals surface area contributed by atoms with Crippen molar-refractivity contribution in [2.75, 3.05) is 19.0 Å². The van der Waals surface area contributed by atoms with Crippen molar-refractivity contribution in [2.24, 2.45) is 18.9 Å². The molecule has 0 saturated heterocycles. The summed E-state index contributed by atoms with van der Waals surface area (Å²) in [5.41, 5.74) is -0.679. The van der Waals surface area contributed by atoms with Crippen LogP contribution in [0.2, 0.25) is 0 Å². The highest BCUT2D eigenvalue weighted by molar-refractivity contribution is 5.25. The third-order valence-electron chi connectivity index (χ3n) is 4.64. The molecule has 0 N–H and O–H groups in total. The van der Waals surface area contributed by atoms with Crippen LogP contribution in [0.15, 0.2) is 9.59 Å². The van der Waals surface area contributed by atoms with E-state index in [0.29, 0.717) is 17.8 Å². The van der Waals surface area contributed by atoms with Crippen LogP contribution in [0.3, 0.4) is 0 Å². The fraction of sp³-hybridized carbons (Fsp3) is 0.800. The number of hydrogen-bond acceptors (Lipinski definition) is 4. The van der Waals surface area contributed by atoms with E-state index in [0.717, 1.165) is 25.7 Å². The third kappa shape index (κ3) is 3.04. The summed E-state index contributed by atoms with van der Waals surface area (Å²) in [4.78, 5) is 30.5. The van der Waals surface area contributed by atoms with Gasteiger partial charge in [0, 0.05) is 27.2 Å². The average Bonchev–Trinajstić information content (AvgIpc) is 2.43. The Morgan fingerprint density at radius 3 is 2.19 bits per heavy atom. The normalized spacial score (nSPS) is 22.6. The maximum atomic E-state index is 12.5. The summed E-state index contributed by atoms with van der Waals surface area (Å²) in [6, 6.07) is -0.00471. The lowest BCUT2D eigenvalue weighted by Gasteiger charge is -2.31. The van der Waals surface area contributed by atoms with Gasteiger partial charge in [-0.15, -0.1) is 0 Å². The van der Waals surface area contributed by atoms with Gasteiger partial charge in [-0.05, 0) is 37.5 Å². The molecule has 0 unspecified atom stereocenters. The fourth-order valence-corrected chi connectivity index (χ4v) is 3.28. The van der Waals surface area contributed by atoms with Crippen molar-refractivity contribution < 1.29 is 0 Å². The standard InChI is InChI=1S/C15H26N4O2/c1-10(2)11-6-8-12(9-7-11)19-14(20)16-13(17(3)4)18(5)15(19)21/h10-12H,6-9H2,1-5H3. The van der Waals surface area contributed by atoms with Crippen molar-refractivity contribution in [3.8, 4) is 0 Å². The zero-order valence-corrected chi connectivity index (χ0v) is 13.7. The molecule has 21 heavy (non-hydrogen) atoms. The molecule has 0 radical (unpaired) electrons. The second kappa shape index (κ2) is 6.03. The Morgan fingerprint density at radius 1 is 1.14 bits per heavy atom. The molecule has 1 aliphatic carbocycles. The predicted molar refractivity (Wildman–Crippen MR) is 83.9 cm³/mol. The summed E-state index contributed by atoms with van der Waals surface area (Å²) >= 11 is 0. The highest BCUT2D eigenvalue weighted by atomic mass is 16.2. The molecule has 2 rings (SSSR count). The van der Waals surface area contributed by atoms with Gasteiger partial charge in [-0.1, -0.05) is 13.8 Å². The van der Waals surface area contributed by atoms with Crippen LogP contribution in [0.1, 0.15) is 45.6 Å². The van der Waals surface area contributed by atoms with Crippen LogP contribution in [0.25, 0.3) is 0 Å². The largest absolute Gasteiger partial charge is 0.355 e. The SMILES string of the molecule is CC(C)C1CCC(n2c(=O)nc(N(C)C)n(C)c2=O)CC1. The second-order valence-corrected chi connectivity index (χ2v) is 6.61. The maximum Gasteiger partial charge on any atom is 0.355 e. The van der Waals surface area contributed by atoms with Crippen molar-refractivity contribution in [1.29, 1.82) is 0 Å². The summed E-state index contributed by atoms with van der Waals surface area (Å²) in [7, 11) is 5.22. The van der Waals surface area contributed by atoms with Gasteiger partial charge < -0.3 is 4.90 Å². The molecule has 1 heterocycles. The van der Waals surface area contributed by atoms with Crippen LogP contribution >= 0.6 is 0 Å². The van der Waals surface area contributed by atoms with Crippen LogP contribution in [-0.2, 0) is 7.05 Å². The summed E-state index contributed by atoms with van der Waals surface area (Å²) in [5.74, 6) is 1.77. The van der Waals surface area contributed by atoms with Crippen molar-refractivity contribution in [1.82, 2.24) is 14.1 Å². The molecule has 0 amide bonds. The minimum Gasteiger partial charge on any atom is -0.348 e. The minimum atomic E-state index is -0.421. The van der Waals surface area contributed by atoms with E-state index in [1.807, 2.05) is 0 Å². The van der Waals surface area contributed by atoms with Crippen LogP contribution in [-0.4, -0.2) is 28.2 Å². The number of rotatable bonds is 3. The van der Waals surface area contributed by atoms with Crippen LogP contribution < -0.4 is 16.3 Å².